The van der Waals surface area contributed by atoms with E-state index >= 15 is 0 Å². The summed E-state index contributed by atoms with van der Waals surface area (Å²) >= 11 is 0. The maximum absolute atomic E-state index is 12.3. The van der Waals surface area contributed by atoms with E-state index in [9.17, 15) is 13.2 Å². The first-order valence-electron chi connectivity index (χ1n) is 6.19. The van der Waals surface area contributed by atoms with Crippen molar-refractivity contribution in [3.8, 4) is 0 Å². The molecule has 106 valence electrons. The lowest BCUT2D eigenvalue weighted by Gasteiger charge is -2.20. The van der Waals surface area contributed by atoms with Gasteiger partial charge in [0.15, 0.2) is 9.84 Å². The molecule has 0 aliphatic heterocycles. The summed E-state index contributed by atoms with van der Waals surface area (Å²) in [5, 5.41) is 0. The minimum absolute atomic E-state index is 0.160. The van der Waals surface area contributed by atoms with Gasteiger partial charge < -0.3 is 10.6 Å². The van der Waals surface area contributed by atoms with Crippen molar-refractivity contribution in [2.75, 3.05) is 25.9 Å². The molecule has 1 amide bonds. The van der Waals surface area contributed by atoms with E-state index in [0.29, 0.717) is 25.2 Å². The number of nitrogens with two attached hydrogens (primary N) is 1. The molecular formula is C13H20N2O3S. The fraction of sp³-hybridized carbons (Fsp3) is 0.462. The average Bonchev–Trinajstić information content (AvgIpc) is 2.38. The van der Waals surface area contributed by atoms with Crippen LogP contribution in [-0.2, 0) is 9.84 Å². The van der Waals surface area contributed by atoms with Crippen LogP contribution in [0.4, 0.5) is 0 Å². The number of hydrogen-bond acceptors (Lipinski definition) is 4. The van der Waals surface area contributed by atoms with Crippen LogP contribution in [0.5, 0.6) is 0 Å². The minimum Gasteiger partial charge on any atom is -0.339 e. The molecule has 0 bridgehead atoms. The second-order valence-corrected chi connectivity index (χ2v) is 6.34. The highest BCUT2D eigenvalue weighted by Gasteiger charge is 2.16. The van der Waals surface area contributed by atoms with Crippen LogP contribution >= 0.6 is 0 Å². The van der Waals surface area contributed by atoms with Crippen molar-refractivity contribution in [2.45, 2.75) is 18.2 Å². The largest absolute Gasteiger partial charge is 0.339 e. The van der Waals surface area contributed by atoms with E-state index in [4.69, 9.17) is 5.73 Å². The van der Waals surface area contributed by atoms with Crippen LogP contribution in [0.15, 0.2) is 29.2 Å². The molecule has 0 heterocycles. The maximum Gasteiger partial charge on any atom is 0.253 e. The van der Waals surface area contributed by atoms with Crippen molar-refractivity contribution in [1.82, 2.24) is 4.90 Å². The van der Waals surface area contributed by atoms with Crippen molar-refractivity contribution in [3.63, 3.8) is 0 Å². The van der Waals surface area contributed by atoms with Gasteiger partial charge in [0.05, 0.1) is 4.90 Å². The molecule has 2 N–H and O–H groups in total. The standard InChI is InChI=1S/C13H20N2O3S/c1-3-15(9-5-8-14)13(16)11-6-4-7-12(10-11)19(2,17)18/h4,6-7,10H,3,5,8-9,14H2,1-2H3. The topological polar surface area (TPSA) is 80.5 Å². The fourth-order valence-electron chi connectivity index (χ4n) is 1.73. The number of hydrogen-bond donors (Lipinski definition) is 1. The summed E-state index contributed by atoms with van der Waals surface area (Å²) in [6, 6.07) is 6.12. The van der Waals surface area contributed by atoms with Crippen molar-refractivity contribution in [3.05, 3.63) is 29.8 Å². The Morgan fingerprint density at radius 1 is 1.37 bits per heavy atom. The summed E-state index contributed by atoms with van der Waals surface area (Å²) in [5.41, 5.74) is 5.82. The second kappa shape index (κ2) is 6.68. The second-order valence-electron chi connectivity index (χ2n) is 4.33. The highest BCUT2D eigenvalue weighted by molar-refractivity contribution is 7.90. The maximum atomic E-state index is 12.3. The Kier molecular flexibility index (Phi) is 5.50. The molecule has 0 spiro atoms. The molecule has 6 heteroatoms. The highest BCUT2D eigenvalue weighted by Crippen LogP contribution is 2.13. The highest BCUT2D eigenvalue weighted by atomic mass is 32.2. The molecule has 0 aliphatic rings. The Labute approximate surface area is 114 Å². The third-order valence-corrected chi connectivity index (χ3v) is 3.92. The summed E-state index contributed by atoms with van der Waals surface area (Å²) in [7, 11) is -3.30. The molecule has 19 heavy (non-hydrogen) atoms. The first-order valence-corrected chi connectivity index (χ1v) is 8.08. The van der Waals surface area contributed by atoms with Gasteiger partial charge in [-0.25, -0.2) is 8.42 Å². The predicted molar refractivity (Wildman–Crippen MR) is 74.8 cm³/mol. The van der Waals surface area contributed by atoms with Gasteiger partial charge >= 0.3 is 0 Å². The van der Waals surface area contributed by atoms with Gasteiger partial charge in [-0.3, -0.25) is 4.79 Å². The van der Waals surface area contributed by atoms with Crippen molar-refractivity contribution >= 4 is 15.7 Å². The molecule has 1 aromatic rings. The molecule has 0 unspecified atom stereocenters. The van der Waals surface area contributed by atoms with Crippen molar-refractivity contribution in [1.29, 1.82) is 0 Å². The van der Waals surface area contributed by atoms with Crippen molar-refractivity contribution < 1.29 is 13.2 Å². The molecule has 1 aromatic carbocycles. The molecule has 0 saturated heterocycles. The molecule has 0 saturated carbocycles. The lowest BCUT2D eigenvalue weighted by molar-refractivity contribution is 0.0763. The van der Waals surface area contributed by atoms with Crippen LogP contribution in [-0.4, -0.2) is 45.1 Å². The lowest BCUT2D eigenvalue weighted by atomic mass is 10.2. The minimum atomic E-state index is -3.30. The van der Waals surface area contributed by atoms with E-state index < -0.39 is 9.84 Å². The first kappa shape index (κ1) is 15.7. The Balaban J connectivity index is 2.99. The molecular weight excluding hydrogens is 264 g/mol. The predicted octanol–water partition coefficient (Wildman–Crippen LogP) is 0.901. The fourth-order valence-corrected chi connectivity index (χ4v) is 2.39. The Hall–Kier alpha value is -1.40. The molecule has 5 nitrogen and oxygen atoms in total. The zero-order chi connectivity index (χ0) is 14.5. The van der Waals surface area contributed by atoms with Gasteiger partial charge in [-0.2, -0.15) is 0 Å². The SMILES string of the molecule is CCN(CCCN)C(=O)c1cccc(S(C)(=O)=O)c1. The van der Waals surface area contributed by atoms with Crippen molar-refractivity contribution in [2.24, 2.45) is 5.73 Å². The Bertz CT molecular complexity index is 541. The summed E-state index contributed by atoms with van der Waals surface area (Å²) < 4.78 is 23.0. The van der Waals surface area contributed by atoms with Crippen LogP contribution in [0.2, 0.25) is 0 Å². The normalized spacial score (nSPS) is 11.3. The third kappa shape index (κ3) is 4.33. The molecule has 0 atom stereocenters. The van der Waals surface area contributed by atoms with Gasteiger partial charge in [-0.05, 0) is 38.1 Å². The van der Waals surface area contributed by atoms with Crippen LogP contribution in [0.25, 0.3) is 0 Å². The molecule has 0 aromatic heterocycles. The number of carbonyl (C=O) groups excluding carboxylic acids is 1. The van der Waals surface area contributed by atoms with Gasteiger partial charge in [0.25, 0.3) is 5.91 Å². The van der Waals surface area contributed by atoms with E-state index in [2.05, 4.69) is 0 Å². The number of benzene rings is 1. The van der Waals surface area contributed by atoms with E-state index in [1.54, 1.807) is 17.0 Å². The summed E-state index contributed by atoms with van der Waals surface area (Å²) in [6.07, 6.45) is 1.86. The van der Waals surface area contributed by atoms with E-state index in [1.807, 2.05) is 6.92 Å². The molecule has 0 aliphatic carbocycles. The number of carbonyl (C=O) groups is 1. The zero-order valence-corrected chi connectivity index (χ0v) is 12.1. The molecule has 1 rings (SSSR count). The smallest absolute Gasteiger partial charge is 0.253 e. The molecule has 0 fully saturated rings. The number of amides is 1. The van der Waals surface area contributed by atoms with E-state index in [1.165, 1.54) is 12.1 Å². The summed E-state index contributed by atoms with van der Waals surface area (Å²) in [4.78, 5) is 14.1. The van der Waals surface area contributed by atoms with Gasteiger partial charge in [-0.15, -0.1) is 0 Å². The van der Waals surface area contributed by atoms with Crippen LogP contribution in [0.3, 0.4) is 0 Å². The lowest BCUT2D eigenvalue weighted by Crippen LogP contribution is -2.32. The number of sulfone groups is 1. The van der Waals surface area contributed by atoms with Gasteiger partial charge in [0.2, 0.25) is 0 Å². The Morgan fingerprint density at radius 2 is 2.05 bits per heavy atom. The summed E-state index contributed by atoms with van der Waals surface area (Å²) in [6.45, 7) is 3.55. The quantitative estimate of drug-likeness (QED) is 0.841. The zero-order valence-electron chi connectivity index (χ0n) is 11.3. The Morgan fingerprint density at radius 3 is 2.58 bits per heavy atom. The first-order chi connectivity index (χ1) is 8.90. The van der Waals surface area contributed by atoms with Crippen LogP contribution in [0.1, 0.15) is 23.7 Å². The summed E-state index contributed by atoms with van der Waals surface area (Å²) in [5.74, 6) is -0.165. The van der Waals surface area contributed by atoms with Gasteiger partial charge in [0.1, 0.15) is 0 Å². The van der Waals surface area contributed by atoms with Crippen LogP contribution in [0, 0.1) is 0 Å². The molecule has 0 radical (unpaired) electrons. The van der Waals surface area contributed by atoms with Crippen LogP contribution < -0.4 is 5.73 Å². The number of rotatable bonds is 6. The van der Waals surface area contributed by atoms with Gasteiger partial charge in [-0.1, -0.05) is 6.07 Å². The van der Waals surface area contributed by atoms with E-state index in [0.717, 1.165) is 12.7 Å². The monoisotopic (exact) mass is 284 g/mol. The van der Waals surface area contributed by atoms with E-state index in [-0.39, 0.29) is 10.8 Å². The third-order valence-electron chi connectivity index (χ3n) is 2.81. The average molecular weight is 284 g/mol. The van der Waals surface area contributed by atoms with Gasteiger partial charge in [0, 0.05) is 24.9 Å². The number of nitrogens with zero attached hydrogens (tertiary/aromatic N) is 1.